The van der Waals surface area contributed by atoms with Gasteiger partial charge in [0.25, 0.3) is 0 Å². The van der Waals surface area contributed by atoms with Gasteiger partial charge in [0.15, 0.2) is 0 Å². The molecule has 2 aromatic heterocycles. The summed E-state index contributed by atoms with van der Waals surface area (Å²) in [5.74, 6) is 0.522. The van der Waals surface area contributed by atoms with Gasteiger partial charge in [-0.1, -0.05) is 30.4 Å². The van der Waals surface area contributed by atoms with Crippen LogP contribution in [0.15, 0.2) is 48.1 Å². The molecule has 0 saturated heterocycles. The Kier molecular flexibility index (Phi) is 3.81. The van der Waals surface area contributed by atoms with Gasteiger partial charge in [-0.25, -0.2) is 9.37 Å². The highest BCUT2D eigenvalue weighted by atomic mass is 32.1. The highest BCUT2D eigenvalue weighted by molar-refractivity contribution is 7.80. The zero-order chi connectivity index (χ0) is 14.8. The summed E-state index contributed by atoms with van der Waals surface area (Å²) in [5.41, 5.74) is 6.62. The number of thiophene rings is 1. The van der Waals surface area contributed by atoms with Crippen molar-refractivity contribution in [3.05, 3.63) is 65.0 Å². The summed E-state index contributed by atoms with van der Waals surface area (Å²) in [6.45, 7) is 0.413. The first-order valence-corrected chi connectivity index (χ1v) is 7.57. The zero-order valence-corrected chi connectivity index (χ0v) is 12.6. The number of aromatic nitrogens is 2. The average molecular weight is 317 g/mol. The van der Waals surface area contributed by atoms with Crippen LogP contribution in [0.3, 0.4) is 0 Å². The maximum atomic E-state index is 14.1. The monoisotopic (exact) mass is 317 g/mol. The minimum Gasteiger partial charge on any atom is -0.389 e. The molecule has 0 atom stereocenters. The van der Waals surface area contributed by atoms with Crippen LogP contribution in [0.2, 0.25) is 0 Å². The van der Waals surface area contributed by atoms with Gasteiger partial charge in [0.05, 0.1) is 11.4 Å². The van der Waals surface area contributed by atoms with Gasteiger partial charge in [-0.2, -0.15) is 0 Å². The van der Waals surface area contributed by atoms with E-state index in [-0.39, 0.29) is 10.8 Å². The highest BCUT2D eigenvalue weighted by Gasteiger charge is 2.10. The summed E-state index contributed by atoms with van der Waals surface area (Å²) in [7, 11) is 0. The van der Waals surface area contributed by atoms with Gasteiger partial charge in [0.2, 0.25) is 0 Å². The summed E-state index contributed by atoms with van der Waals surface area (Å²) in [5, 5.41) is 1.99. The number of hydrogen-bond donors (Lipinski definition) is 1. The molecule has 0 fully saturated rings. The van der Waals surface area contributed by atoms with Gasteiger partial charge in [-0.15, -0.1) is 11.3 Å². The van der Waals surface area contributed by atoms with Crippen molar-refractivity contribution >= 4 is 28.5 Å². The molecule has 106 valence electrons. The molecule has 1 aromatic carbocycles. The standard InChI is InChI=1S/C15H12FN3S2/c16-12-8-10(14(17)20)3-4-11(12)9-19-6-5-18-15(19)13-2-1-7-21-13/h1-8H,9H2,(H2,17,20). The molecule has 0 saturated carbocycles. The van der Waals surface area contributed by atoms with Crippen LogP contribution in [0.1, 0.15) is 11.1 Å². The van der Waals surface area contributed by atoms with E-state index < -0.39 is 0 Å². The van der Waals surface area contributed by atoms with Crippen LogP contribution in [0.25, 0.3) is 10.7 Å². The van der Waals surface area contributed by atoms with Gasteiger partial charge in [-0.3, -0.25) is 0 Å². The van der Waals surface area contributed by atoms with Crippen LogP contribution in [0.5, 0.6) is 0 Å². The lowest BCUT2D eigenvalue weighted by Gasteiger charge is -2.09. The number of imidazole rings is 1. The summed E-state index contributed by atoms with van der Waals surface area (Å²) >= 11 is 6.46. The predicted molar refractivity (Wildman–Crippen MR) is 86.9 cm³/mol. The molecule has 0 radical (unpaired) electrons. The molecular formula is C15H12FN3S2. The SMILES string of the molecule is NC(=S)c1ccc(Cn2ccnc2-c2cccs2)c(F)c1. The largest absolute Gasteiger partial charge is 0.389 e. The fourth-order valence-corrected chi connectivity index (χ4v) is 2.94. The summed E-state index contributed by atoms with van der Waals surface area (Å²) in [4.78, 5) is 5.59. The number of nitrogens with two attached hydrogens (primary N) is 1. The van der Waals surface area contributed by atoms with Crippen LogP contribution >= 0.6 is 23.6 Å². The van der Waals surface area contributed by atoms with Crippen LogP contribution < -0.4 is 5.73 Å². The second-order valence-electron chi connectivity index (χ2n) is 4.53. The molecule has 0 unspecified atom stereocenters. The number of nitrogens with zero attached hydrogens (tertiary/aromatic N) is 2. The maximum Gasteiger partial charge on any atom is 0.150 e. The van der Waals surface area contributed by atoms with Crippen molar-refractivity contribution < 1.29 is 4.39 Å². The maximum absolute atomic E-state index is 14.1. The smallest absolute Gasteiger partial charge is 0.150 e. The zero-order valence-electron chi connectivity index (χ0n) is 11.0. The van der Waals surface area contributed by atoms with E-state index in [1.165, 1.54) is 6.07 Å². The fourth-order valence-electron chi connectivity index (χ4n) is 2.08. The van der Waals surface area contributed by atoms with Crippen molar-refractivity contribution in [1.29, 1.82) is 0 Å². The quantitative estimate of drug-likeness (QED) is 0.750. The molecule has 3 aromatic rings. The van der Waals surface area contributed by atoms with Crippen molar-refractivity contribution in [2.45, 2.75) is 6.54 Å². The third-order valence-electron chi connectivity index (χ3n) is 3.14. The van der Waals surface area contributed by atoms with Crippen molar-refractivity contribution in [3.8, 4) is 10.7 Å². The first-order chi connectivity index (χ1) is 10.1. The molecule has 21 heavy (non-hydrogen) atoms. The number of hydrogen-bond acceptors (Lipinski definition) is 3. The Balaban J connectivity index is 1.91. The van der Waals surface area contributed by atoms with Gasteiger partial charge >= 0.3 is 0 Å². The Morgan fingerprint density at radius 1 is 1.38 bits per heavy atom. The molecule has 0 amide bonds. The van der Waals surface area contributed by atoms with Gasteiger partial charge in [-0.05, 0) is 17.5 Å². The van der Waals surface area contributed by atoms with E-state index in [4.69, 9.17) is 18.0 Å². The lowest BCUT2D eigenvalue weighted by Crippen LogP contribution is -2.10. The van der Waals surface area contributed by atoms with E-state index in [9.17, 15) is 4.39 Å². The lowest BCUT2D eigenvalue weighted by atomic mass is 10.1. The number of rotatable bonds is 4. The topological polar surface area (TPSA) is 43.8 Å². The van der Waals surface area contributed by atoms with E-state index in [0.29, 0.717) is 17.7 Å². The average Bonchev–Trinajstić information content (AvgIpc) is 3.11. The first-order valence-electron chi connectivity index (χ1n) is 6.28. The van der Waals surface area contributed by atoms with Gasteiger partial charge < -0.3 is 10.3 Å². The van der Waals surface area contributed by atoms with Crippen LogP contribution in [0.4, 0.5) is 4.39 Å². The van der Waals surface area contributed by atoms with Crippen molar-refractivity contribution in [2.24, 2.45) is 5.73 Å². The van der Waals surface area contributed by atoms with Crippen molar-refractivity contribution in [3.63, 3.8) is 0 Å². The molecular weight excluding hydrogens is 305 g/mol. The third-order valence-corrected chi connectivity index (χ3v) is 4.24. The van der Waals surface area contributed by atoms with Gasteiger partial charge in [0.1, 0.15) is 16.6 Å². The minimum atomic E-state index is -0.314. The van der Waals surface area contributed by atoms with E-state index in [1.54, 1.807) is 29.7 Å². The second-order valence-corrected chi connectivity index (χ2v) is 5.91. The van der Waals surface area contributed by atoms with E-state index in [1.807, 2.05) is 28.3 Å². The molecule has 3 rings (SSSR count). The summed E-state index contributed by atoms with van der Waals surface area (Å²) in [6.07, 6.45) is 3.56. The van der Waals surface area contributed by atoms with E-state index >= 15 is 0 Å². The molecule has 0 bridgehead atoms. The Labute approximate surface area is 130 Å². The Bertz CT molecular complexity index is 778. The Morgan fingerprint density at radius 3 is 2.90 bits per heavy atom. The molecule has 0 aliphatic rings. The van der Waals surface area contributed by atoms with E-state index in [2.05, 4.69) is 4.98 Å². The molecule has 0 aliphatic heterocycles. The second kappa shape index (κ2) is 5.75. The number of halogens is 1. The normalized spacial score (nSPS) is 10.7. The van der Waals surface area contributed by atoms with Crippen molar-refractivity contribution in [2.75, 3.05) is 0 Å². The molecule has 3 nitrogen and oxygen atoms in total. The highest BCUT2D eigenvalue weighted by Crippen LogP contribution is 2.24. The number of benzene rings is 1. The molecule has 2 heterocycles. The summed E-state index contributed by atoms with van der Waals surface area (Å²) in [6, 6.07) is 8.79. The first kappa shape index (κ1) is 13.9. The third kappa shape index (κ3) is 2.86. The fraction of sp³-hybridized carbons (Fsp3) is 0.0667. The number of thiocarbonyl (C=S) groups is 1. The lowest BCUT2D eigenvalue weighted by molar-refractivity contribution is 0.600. The molecule has 6 heteroatoms. The van der Waals surface area contributed by atoms with E-state index in [0.717, 1.165) is 10.7 Å². The van der Waals surface area contributed by atoms with Crippen molar-refractivity contribution in [1.82, 2.24) is 9.55 Å². The molecule has 0 aliphatic carbocycles. The van der Waals surface area contributed by atoms with Crippen LogP contribution in [0, 0.1) is 5.82 Å². The Hall–Kier alpha value is -2.05. The van der Waals surface area contributed by atoms with Gasteiger partial charge in [0, 0.05) is 23.5 Å². The Morgan fingerprint density at radius 2 is 2.24 bits per heavy atom. The molecule has 0 spiro atoms. The van der Waals surface area contributed by atoms with Crippen LogP contribution in [-0.4, -0.2) is 14.5 Å². The predicted octanol–water partition coefficient (Wildman–Crippen LogP) is 3.43. The minimum absolute atomic E-state index is 0.197. The summed E-state index contributed by atoms with van der Waals surface area (Å²) < 4.78 is 16.1. The van der Waals surface area contributed by atoms with Crippen LogP contribution in [-0.2, 0) is 6.54 Å². The molecule has 2 N–H and O–H groups in total.